The number of nitrogens with zero attached hydrogens (tertiary/aromatic N) is 1. The number of rotatable bonds is 9. The van der Waals surface area contributed by atoms with Gasteiger partial charge in [0.05, 0.1) is 6.61 Å². The van der Waals surface area contributed by atoms with Gasteiger partial charge in [-0.05, 0) is 51.0 Å². The molecule has 0 aliphatic carbocycles. The number of nitrogens with one attached hydrogen (secondary N) is 1. The fourth-order valence-electron chi connectivity index (χ4n) is 3.17. The van der Waals surface area contributed by atoms with E-state index in [2.05, 4.69) is 12.2 Å². The SMILES string of the molecule is CCCCCCCCOc1ccc(C=C2C(=O)NC(=O)N(C(C)(C)C)C2=O)cc1. The second-order valence-electron chi connectivity index (χ2n) is 8.31. The molecule has 6 nitrogen and oxygen atoms in total. The molecule has 0 spiro atoms. The molecule has 4 amide bonds. The number of unbranched alkanes of at least 4 members (excludes halogenated alkanes) is 5. The van der Waals surface area contributed by atoms with Crippen molar-refractivity contribution in [3.8, 4) is 5.75 Å². The van der Waals surface area contributed by atoms with Crippen LogP contribution in [0.5, 0.6) is 5.75 Å². The van der Waals surface area contributed by atoms with E-state index < -0.39 is 23.4 Å². The summed E-state index contributed by atoms with van der Waals surface area (Å²) in [6.07, 6.45) is 8.76. The number of urea groups is 1. The first kappa shape index (κ1) is 22.7. The van der Waals surface area contributed by atoms with E-state index in [0.29, 0.717) is 12.2 Å². The number of hydrogen-bond donors (Lipinski definition) is 1. The average Bonchev–Trinajstić information content (AvgIpc) is 2.64. The standard InChI is InChI=1S/C23H32N2O4/c1-5-6-7-8-9-10-15-29-18-13-11-17(12-14-18)16-19-20(26)24-22(28)25(21(19)27)23(2,3)4/h11-14,16H,5-10,15H2,1-4H3,(H,24,26,28). The van der Waals surface area contributed by atoms with Crippen LogP contribution >= 0.6 is 0 Å². The Morgan fingerprint density at radius 1 is 0.966 bits per heavy atom. The topological polar surface area (TPSA) is 75.7 Å². The Hall–Kier alpha value is -2.63. The molecule has 2 rings (SSSR count). The zero-order valence-electron chi connectivity index (χ0n) is 17.9. The Morgan fingerprint density at radius 2 is 1.59 bits per heavy atom. The minimum atomic E-state index is -0.727. The monoisotopic (exact) mass is 400 g/mol. The van der Waals surface area contributed by atoms with E-state index in [-0.39, 0.29) is 5.57 Å². The Labute approximate surface area is 173 Å². The van der Waals surface area contributed by atoms with Gasteiger partial charge in [0, 0.05) is 5.54 Å². The minimum Gasteiger partial charge on any atom is -0.494 e. The van der Waals surface area contributed by atoms with Gasteiger partial charge in [-0.3, -0.25) is 19.8 Å². The molecule has 0 atom stereocenters. The van der Waals surface area contributed by atoms with Gasteiger partial charge < -0.3 is 4.74 Å². The molecule has 1 heterocycles. The highest BCUT2D eigenvalue weighted by Gasteiger charge is 2.41. The molecule has 29 heavy (non-hydrogen) atoms. The van der Waals surface area contributed by atoms with Crippen LogP contribution in [0.4, 0.5) is 4.79 Å². The lowest BCUT2D eigenvalue weighted by atomic mass is 10.0. The molecule has 6 heteroatoms. The van der Waals surface area contributed by atoms with E-state index in [1.54, 1.807) is 32.9 Å². The minimum absolute atomic E-state index is 0.0553. The van der Waals surface area contributed by atoms with Crippen LogP contribution < -0.4 is 10.1 Å². The zero-order chi connectivity index (χ0) is 21.4. The largest absolute Gasteiger partial charge is 0.494 e. The molecule has 1 aliphatic heterocycles. The zero-order valence-corrected chi connectivity index (χ0v) is 17.9. The number of amides is 4. The molecule has 0 bridgehead atoms. The summed E-state index contributed by atoms with van der Waals surface area (Å²) in [5, 5.41) is 2.23. The van der Waals surface area contributed by atoms with Gasteiger partial charge in [-0.25, -0.2) is 4.79 Å². The van der Waals surface area contributed by atoms with Crippen molar-refractivity contribution in [1.29, 1.82) is 0 Å². The van der Waals surface area contributed by atoms with Crippen molar-refractivity contribution in [2.75, 3.05) is 6.61 Å². The van der Waals surface area contributed by atoms with Crippen LogP contribution in [-0.4, -0.2) is 34.9 Å². The number of ether oxygens (including phenoxy) is 1. The van der Waals surface area contributed by atoms with Crippen molar-refractivity contribution >= 4 is 23.9 Å². The summed E-state index contributed by atoms with van der Waals surface area (Å²) in [4.78, 5) is 37.9. The van der Waals surface area contributed by atoms with Crippen LogP contribution in [0.2, 0.25) is 0 Å². The third-order valence-electron chi connectivity index (χ3n) is 4.73. The highest BCUT2D eigenvalue weighted by Crippen LogP contribution is 2.23. The molecule has 0 saturated carbocycles. The Bertz CT molecular complexity index is 760. The van der Waals surface area contributed by atoms with Gasteiger partial charge in [0.1, 0.15) is 11.3 Å². The van der Waals surface area contributed by atoms with E-state index in [0.717, 1.165) is 17.1 Å². The molecular weight excluding hydrogens is 368 g/mol. The molecule has 1 fully saturated rings. The maximum absolute atomic E-state index is 12.7. The number of hydrogen-bond acceptors (Lipinski definition) is 4. The van der Waals surface area contributed by atoms with Crippen molar-refractivity contribution in [2.24, 2.45) is 0 Å². The third kappa shape index (κ3) is 6.44. The number of barbiturate groups is 1. The first-order chi connectivity index (χ1) is 13.7. The number of imide groups is 2. The van der Waals surface area contributed by atoms with Gasteiger partial charge >= 0.3 is 6.03 Å². The molecule has 1 aliphatic rings. The normalized spacial score (nSPS) is 16.3. The molecule has 0 radical (unpaired) electrons. The van der Waals surface area contributed by atoms with E-state index >= 15 is 0 Å². The molecule has 1 saturated heterocycles. The molecule has 0 unspecified atom stereocenters. The van der Waals surface area contributed by atoms with Crippen LogP contribution in [0.25, 0.3) is 6.08 Å². The molecule has 158 valence electrons. The molecule has 0 aromatic heterocycles. The van der Waals surface area contributed by atoms with Crippen LogP contribution in [-0.2, 0) is 9.59 Å². The summed E-state index contributed by atoms with van der Waals surface area (Å²) < 4.78 is 5.76. The Balaban J connectivity index is 1.97. The van der Waals surface area contributed by atoms with Crippen LogP contribution in [0, 0.1) is 0 Å². The summed E-state index contributed by atoms with van der Waals surface area (Å²) in [6.45, 7) is 8.12. The van der Waals surface area contributed by atoms with Crippen LogP contribution in [0.3, 0.4) is 0 Å². The van der Waals surface area contributed by atoms with Crippen LogP contribution in [0.1, 0.15) is 71.8 Å². The van der Waals surface area contributed by atoms with Crippen molar-refractivity contribution < 1.29 is 19.1 Å². The number of carbonyl (C=O) groups is 3. The maximum atomic E-state index is 12.7. The molecule has 1 aromatic carbocycles. The fourth-order valence-corrected chi connectivity index (χ4v) is 3.17. The third-order valence-corrected chi connectivity index (χ3v) is 4.73. The van der Waals surface area contributed by atoms with E-state index in [1.165, 1.54) is 38.2 Å². The van der Waals surface area contributed by atoms with Gasteiger partial charge in [-0.2, -0.15) is 0 Å². The van der Waals surface area contributed by atoms with Crippen molar-refractivity contribution in [1.82, 2.24) is 10.2 Å². The van der Waals surface area contributed by atoms with Gasteiger partial charge in [-0.1, -0.05) is 51.2 Å². The highest BCUT2D eigenvalue weighted by atomic mass is 16.5. The van der Waals surface area contributed by atoms with Gasteiger partial charge in [0.2, 0.25) is 0 Å². The lowest BCUT2D eigenvalue weighted by Crippen LogP contribution is -2.60. The average molecular weight is 401 g/mol. The lowest BCUT2D eigenvalue weighted by Gasteiger charge is -2.36. The maximum Gasteiger partial charge on any atom is 0.331 e. The Morgan fingerprint density at radius 3 is 2.21 bits per heavy atom. The highest BCUT2D eigenvalue weighted by molar-refractivity contribution is 6.31. The van der Waals surface area contributed by atoms with Gasteiger partial charge in [0.15, 0.2) is 0 Å². The van der Waals surface area contributed by atoms with Crippen molar-refractivity contribution in [3.05, 3.63) is 35.4 Å². The molecule has 1 N–H and O–H groups in total. The Kier molecular flexibility index (Phi) is 8.00. The first-order valence-corrected chi connectivity index (χ1v) is 10.4. The molecular formula is C23H32N2O4. The number of benzene rings is 1. The van der Waals surface area contributed by atoms with E-state index in [9.17, 15) is 14.4 Å². The fraction of sp³-hybridized carbons (Fsp3) is 0.522. The quantitative estimate of drug-likeness (QED) is 0.371. The lowest BCUT2D eigenvalue weighted by molar-refractivity contribution is -0.133. The van der Waals surface area contributed by atoms with E-state index in [4.69, 9.17) is 4.74 Å². The second kappa shape index (κ2) is 10.2. The summed E-state index contributed by atoms with van der Waals surface area (Å²) in [6, 6.07) is 6.54. The van der Waals surface area contributed by atoms with Crippen molar-refractivity contribution in [2.45, 2.75) is 71.8 Å². The molecule has 1 aromatic rings. The smallest absolute Gasteiger partial charge is 0.331 e. The summed E-state index contributed by atoms with van der Waals surface area (Å²) in [5.41, 5.74) is -0.0891. The summed E-state index contributed by atoms with van der Waals surface area (Å²) >= 11 is 0. The second-order valence-corrected chi connectivity index (χ2v) is 8.31. The van der Waals surface area contributed by atoms with Crippen molar-refractivity contribution in [3.63, 3.8) is 0 Å². The number of carbonyl (C=O) groups excluding carboxylic acids is 3. The first-order valence-electron chi connectivity index (χ1n) is 10.4. The van der Waals surface area contributed by atoms with Gasteiger partial charge in [0.25, 0.3) is 11.8 Å². The van der Waals surface area contributed by atoms with Gasteiger partial charge in [-0.15, -0.1) is 0 Å². The predicted molar refractivity (Wildman–Crippen MR) is 113 cm³/mol. The summed E-state index contributed by atoms with van der Waals surface area (Å²) in [5.74, 6) is -0.509. The summed E-state index contributed by atoms with van der Waals surface area (Å²) in [7, 11) is 0. The van der Waals surface area contributed by atoms with Crippen LogP contribution in [0.15, 0.2) is 29.8 Å². The predicted octanol–water partition coefficient (Wildman–Crippen LogP) is 4.69. The van der Waals surface area contributed by atoms with E-state index in [1.807, 2.05) is 12.1 Å².